The van der Waals surface area contributed by atoms with Gasteiger partial charge in [0.05, 0.1) is 5.41 Å². The molecule has 3 rings (SSSR count). The second-order valence-electron chi connectivity index (χ2n) is 7.12. The molecule has 23 heavy (non-hydrogen) atoms. The number of benzene rings is 1. The third-order valence-corrected chi connectivity index (χ3v) is 4.97. The van der Waals surface area contributed by atoms with Crippen LogP contribution in [0.25, 0.3) is 0 Å². The first-order valence-electron chi connectivity index (χ1n) is 8.46. The number of nitrogens with one attached hydrogen (secondary N) is 3. The summed E-state index contributed by atoms with van der Waals surface area (Å²) in [4.78, 5) is 24.0. The molecule has 0 saturated heterocycles. The molecular weight excluding hydrogens is 290 g/mol. The number of amides is 3. The molecule has 1 heterocycles. The molecule has 124 valence electrons. The largest absolute Gasteiger partial charge is 0.335 e. The number of hydrogen-bond acceptors (Lipinski definition) is 2. The van der Waals surface area contributed by atoms with E-state index in [0.717, 1.165) is 29.7 Å². The van der Waals surface area contributed by atoms with E-state index in [0.29, 0.717) is 12.6 Å². The minimum Gasteiger partial charge on any atom is -0.335 e. The molecular formula is C18H25N3O2. The number of rotatable bonds is 3. The molecule has 1 aromatic carbocycles. The first-order chi connectivity index (χ1) is 11.0. The van der Waals surface area contributed by atoms with Crippen LogP contribution in [-0.2, 0) is 16.8 Å². The van der Waals surface area contributed by atoms with Crippen molar-refractivity contribution in [3.63, 3.8) is 0 Å². The zero-order chi connectivity index (χ0) is 16.4. The van der Waals surface area contributed by atoms with Gasteiger partial charge in [0.2, 0.25) is 5.91 Å². The number of hydrogen-bond donors (Lipinski definition) is 3. The zero-order valence-electron chi connectivity index (χ0n) is 13.9. The summed E-state index contributed by atoms with van der Waals surface area (Å²) < 4.78 is 0. The Hall–Kier alpha value is -2.04. The van der Waals surface area contributed by atoms with Crippen molar-refractivity contribution in [1.82, 2.24) is 10.6 Å². The minimum absolute atomic E-state index is 0.0210. The lowest BCUT2D eigenvalue weighted by molar-refractivity contribution is -0.119. The lowest BCUT2D eigenvalue weighted by Gasteiger charge is -2.23. The third kappa shape index (κ3) is 3.33. The average molecular weight is 315 g/mol. The van der Waals surface area contributed by atoms with E-state index in [4.69, 9.17) is 0 Å². The summed E-state index contributed by atoms with van der Waals surface area (Å²) >= 11 is 0. The van der Waals surface area contributed by atoms with Crippen molar-refractivity contribution in [3.8, 4) is 0 Å². The topological polar surface area (TPSA) is 70.2 Å². The highest BCUT2D eigenvalue weighted by Gasteiger charge is 2.38. The monoisotopic (exact) mass is 315 g/mol. The van der Waals surface area contributed by atoms with Crippen LogP contribution in [0.1, 0.15) is 57.1 Å². The van der Waals surface area contributed by atoms with Crippen molar-refractivity contribution in [2.24, 2.45) is 0 Å². The summed E-state index contributed by atoms with van der Waals surface area (Å²) in [5.74, 6) is 0.0210. The zero-order valence-corrected chi connectivity index (χ0v) is 13.9. The van der Waals surface area contributed by atoms with E-state index in [1.54, 1.807) is 0 Å². The van der Waals surface area contributed by atoms with Crippen LogP contribution in [0.2, 0.25) is 0 Å². The smallest absolute Gasteiger partial charge is 0.315 e. The Morgan fingerprint density at radius 2 is 2.00 bits per heavy atom. The maximum Gasteiger partial charge on any atom is 0.315 e. The van der Waals surface area contributed by atoms with Crippen LogP contribution in [0.4, 0.5) is 10.5 Å². The van der Waals surface area contributed by atoms with Gasteiger partial charge >= 0.3 is 6.03 Å². The van der Waals surface area contributed by atoms with E-state index in [2.05, 4.69) is 16.0 Å². The molecule has 0 spiro atoms. The van der Waals surface area contributed by atoms with Gasteiger partial charge in [-0.15, -0.1) is 0 Å². The fourth-order valence-electron chi connectivity index (χ4n) is 3.39. The molecule has 5 heteroatoms. The predicted molar refractivity (Wildman–Crippen MR) is 90.3 cm³/mol. The highest BCUT2D eigenvalue weighted by Crippen LogP contribution is 2.37. The summed E-state index contributed by atoms with van der Waals surface area (Å²) in [6.45, 7) is 4.30. The van der Waals surface area contributed by atoms with Gasteiger partial charge in [0.25, 0.3) is 0 Å². The van der Waals surface area contributed by atoms with Crippen LogP contribution >= 0.6 is 0 Å². The minimum atomic E-state index is -0.518. The number of carbonyl (C=O) groups is 2. The summed E-state index contributed by atoms with van der Waals surface area (Å²) in [5, 5.41) is 8.86. The Morgan fingerprint density at radius 1 is 1.26 bits per heavy atom. The highest BCUT2D eigenvalue weighted by atomic mass is 16.2. The molecule has 0 aromatic heterocycles. The molecule has 1 aliphatic carbocycles. The van der Waals surface area contributed by atoms with Gasteiger partial charge in [-0.05, 0) is 43.9 Å². The summed E-state index contributed by atoms with van der Waals surface area (Å²) in [6, 6.07) is 6.07. The van der Waals surface area contributed by atoms with Gasteiger partial charge in [-0.2, -0.15) is 0 Å². The second-order valence-corrected chi connectivity index (χ2v) is 7.12. The number of anilines is 1. The molecule has 3 N–H and O–H groups in total. The van der Waals surface area contributed by atoms with Crippen molar-refractivity contribution in [3.05, 3.63) is 29.3 Å². The average Bonchev–Trinajstić information content (AvgIpc) is 2.76. The molecule has 0 unspecified atom stereocenters. The van der Waals surface area contributed by atoms with Crippen LogP contribution < -0.4 is 16.0 Å². The van der Waals surface area contributed by atoms with Crippen LogP contribution in [0, 0.1) is 0 Å². The van der Waals surface area contributed by atoms with E-state index in [1.807, 2.05) is 32.0 Å². The van der Waals surface area contributed by atoms with Gasteiger partial charge in [0, 0.05) is 18.3 Å². The molecule has 1 aliphatic heterocycles. The third-order valence-electron chi connectivity index (χ3n) is 4.97. The fourth-order valence-corrected chi connectivity index (χ4v) is 3.39. The Labute approximate surface area is 137 Å². The van der Waals surface area contributed by atoms with Crippen molar-refractivity contribution in [1.29, 1.82) is 0 Å². The molecule has 3 amide bonds. The van der Waals surface area contributed by atoms with Crippen molar-refractivity contribution < 1.29 is 9.59 Å². The van der Waals surface area contributed by atoms with Crippen LogP contribution in [0.15, 0.2) is 18.2 Å². The maximum absolute atomic E-state index is 12.0. The molecule has 1 aromatic rings. The SMILES string of the molecule is CC1(C)C(=O)Nc2ccc(CNC(=O)NC3CCCCC3)cc21. The van der Waals surface area contributed by atoms with Gasteiger partial charge in [-0.25, -0.2) is 4.79 Å². The Kier molecular flexibility index (Phi) is 4.28. The molecule has 5 nitrogen and oxygen atoms in total. The quantitative estimate of drug-likeness (QED) is 0.802. The van der Waals surface area contributed by atoms with Crippen LogP contribution in [0.3, 0.4) is 0 Å². The van der Waals surface area contributed by atoms with E-state index in [9.17, 15) is 9.59 Å². The van der Waals surface area contributed by atoms with Crippen LogP contribution in [0.5, 0.6) is 0 Å². The van der Waals surface area contributed by atoms with Crippen molar-refractivity contribution in [2.45, 2.75) is 64.0 Å². The number of urea groups is 1. The number of fused-ring (bicyclic) bond motifs is 1. The molecule has 0 atom stereocenters. The molecule has 1 saturated carbocycles. The lowest BCUT2D eigenvalue weighted by Crippen LogP contribution is -2.42. The fraction of sp³-hybridized carbons (Fsp3) is 0.556. The van der Waals surface area contributed by atoms with Gasteiger partial charge in [0.1, 0.15) is 0 Å². The molecule has 1 fully saturated rings. The maximum atomic E-state index is 12.0. The summed E-state index contributed by atoms with van der Waals surface area (Å²) in [7, 11) is 0. The predicted octanol–water partition coefficient (Wildman–Crippen LogP) is 3.05. The summed E-state index contributed by atoms with van der Waals surface area (Å²) in [5.41, 5.74) is 2.35. The van der Waals surface area contributed by atoms with Crippen LogP contribution in [-0.4, -0.2) is 18.0 Å². The lowest BCUT2D eigenvalue weighted by atomic mass is 9.85. The van der Waals surface area contributed by atoms with Crippen molar-refractivity contribution >= 4 is 17.6 Å². The van der Waals surface area contributed by atoms with E-state index >= 15 is 0 Å². The number of carbonyl (C=O) groups excluding carboxylic acids is 2. The van der Waals surface area contributed by atoms with Gasteiger partial charge in [-0.3, -0.25) is 4.79 Å². The Bertz CT molecular complexity index is 619. The standard InChI is InChI=1S/C18H25N3O2/c1-18(2)14-10-12(8-9-15(14)21-16(18)22)11-19-17(23)20-13-6-4-3-5-7-13/h8-10,13H,3-7,11H2,1-2H3,(H,21,22)(H2,19,20,23). The first kappa shape index (κ1) is 15.8. The normalized spacial score (nSPS) is 19.8. The molecule has 2 aliphatic rings. The Balaban J connectivity index is 1.58. The van der Waals surface area contributed by atoms with Gasteiger partial charge < -0.3 is 16.0 Å². The molecule has 0 radical (unpaired) electrons. The summed E-state index contributed by atoms with van der Waals surface area (Å²) in [6.07, 6.45) is 5.83. The second kappa shape index (κ2) is 6.22. The molecule has 0 bridgehead atoms. The first-order valence-corrected chi connectivity index (χ1v) is 8.46. The highest BCUT2D eigenvalue weighted by molar-refractivity contribution is 6.05. The van der Waals surface area contributed by atoms with E-state index < -0.39 is 5.41 Å². The van der Waals surface area contributed by atoms with E-state index in [-0.39, 0.29) is 11.9 Å². The Morgan fingerprint density at radius 3 is 2.74 bits per heavy atom. The van der Waals surface area contributed by atoms with Gasteiger partial charge in [0.15, 0.2) is 0 Å². The van der Waals surface area contributed by atoms with Crippen molar-refractivity contribution in [2.75, 3.05) is 5.32 Å². The van der Waals surface area contributed by atoms with Gasteiger partial charge in [-0.1, -0.05) is 31.4 Å². The van der Waals surface area contributed by atoms with E-state index in [1.165, 1.54) is 19.3 Å².